The van der Waals surface area contributed by atoms with Crippen molar-refractivity contribution in [2.24, 2.45) is 0 Å². The summed E-state index contributed by atoms with van der Waals surface area (Å²) in [7, 11) is 0. The molecular formula is C20H21F2NO3S. The fourth-order valence-electron chi connectivity index (χ4n) is 3.06. The molecule has 0 aliphatic heterocycles. The molecule has 7 heteroatoms. The molecule has 3 rings (SSSR count). The number of rotatable bonds is 4. The maximum atomic E-state index is 13.6. The standard InChI is InChI=1S/C20H21F2NO3S/c1-12(19(24)23-18-14(21)8-6-9-15(18)22)26-20(25)17-11-13-7-4-2-3-5-10-16(13)27-17/h6,8-9,11-12H,2-5,7,10H2,1H3,(H,23,24)/t12-/m1/s1. The Morgan fingerprint density at radius 3 is 2.48 bits per heavy atom. The van der Waals surface area contributed by atoms with Crippen molar-refractivity contribution in [3.63, 3.8) is 0 Å². The molecule has 4 nitrogen and oxygen atoms in total. The number of aryl methyl sites for hydroxylation is 2. The minimum Gasteiger partial charge on any atom is -0.448 e. The molecule has 0 saturated heterocycles. The van der Waals surface area contributed by atoms with Gasteiger partial charge in [0.2, 0.25) is 0 Å². The van der Waals surface area contributed by atoms with Gasteiger partial charge >= 0.3 is 5.97 Å². The summed E-state index contributed by atoms with van der Waals surface area (Å²) in [4.78, 5) is 26.2. The van der Waals surface area contributed by atoms with Crippen molar-refractivity contribution in [1.82, 2.24) is 0 Å². The maximum Gasteiger partial charge on any atom is 0.349 e. The van der Waals surface area contributed by atoms with E-state index >= 15 is 0 Å². The molecule has 0 radical (unpaired) electrons. The van der Waals surface area contributed by atoms with Crippen molar-refractivity contribution >= 4 is 28.9 Å². The first-order valence-electron chi connectivity index (χ1n) is 9.03. The summed E-state index contributed by atoms with van der Waals surface area (Å²) in [6.07, 6.45) is 5.32. The summed E-state index contributed by atoms with van der Waals surface area (Å²) in [5, 5.41) is 2.14. The van der Waals surface area contributed by atoms with Crippen molar-refractivity contribution in [2.75, 3.05) is 5.32 Å². The molecule has 1 amide bonds. The van der Waals surface area contributed by atoms with E-state index in [4.69, 9.17) is 4.74 Å². The number of esters is 1. The molecule has 1 aromatic carbocycles. The summed E-state index contributed by atoms with van der Waals surface area (Å²) >= 11 is 1.40. The Morgan fingerprint density at radius 2 is 1.78 bits per heavy atom. The second kappa shape index (κ2) is 8.61. The Morgan fingerprint density at radius 1 is 1.11 bits per heavy atom. The molecule has 2 aromatic rings. The van der Waals surface area contributed by atoms with Crippen molar-refractivity contribution < 1.29 is 23.1 Å². The van der Waals surface area contributed by atoms with Crippen LogP contribution in [-0.4, -0.2) is 18.0 Å². The molecule has 0 saturated carbocycles. The van der Waals surface area contributed by atoms with Gasteiger partial charge in [0.25, 0.3) is 5.91 Å². The second-order valence-corrected chi connectivity index (χ2v) is 7.74. The first-order valence-corrected chi connectivity index (χ1v) is 9.85. The molecule has 27 heavy (non-hydrogen) atoms. The lowest BCUT2D eigenvalue weighted by molar-refractivity contribution is -0.123. The van der Waals surface area contributed by atoms with Crippen LogP contribution in [-0.2, 0) is 22.4 Å². The van der Waals surface area contributed by atoms with Crippen LogP contribution in [0.3, 0.4) is 0 Å². The minimum absolute atomic E-state index is 0.457. The van der Waals surface area contributed by atoms with Gasteiger partial charge in [-0.2, -0.15) is 0 Å². The lowest BCUT2D eigenvalue weighted by atomic mass is 10.00. The van der Waals surface area contributed by atoms with Crippen LogP contribution >= 0.6 is 11.3 Å². The number of anilines is 1. The number of carbonyl (C=O) groups excluding carboxylic acids is 2. The number of ether oxygens (including phenoxy) is 1. The maximum absolute atomic E-state index is 13.6. The Kier molecular flexibility index (Phi) is 6.21. The van der Waals surface area contributed by atoms with Gasteiger partial charge in [-0.25, -0.2) is 13.6 Å². The summed E-state index contributed by atoms with van der Waals surface area (Å²) in [5.74, 6) is -3.16. The average molecular weight is 393 g/mol. The quantitative estimate of drug-likeness (QED) is 0.754. The van der Waals surface area contributed by atoms with Gasteiger partial charge in [0.15, 0.2) is 6.10 Å². The molecule has 1 heterocycles. The molecule has 1 atom stereocenters. The molecule has 0 unspecified atom stereocenters. The number of para-hydroxylation sites is 1. The Hall–Kier alpha value is -2.28. The highest BCUT2D eigenvalue weighted by molar-refractivity contribution is 7.14. The highest BCUT2D eigenvalue weighted by atomic mass is 32.1. The summed E-state index contributed by atoms with van der Waals surface area (Å²) in [5.41, 5.74) is 0.627. The van der Waals surface area contributed by atoms with Gasteiger partial charge in [-0.15, -0.1) is 11.3 Å². The normalized spacial score (nSPS) is 15.2. The molecular weight excluding hydrogens is 372 g/mol. The fraction of sp³-hybridized carbons (Fsp3) is 0.400. The smallest absolute Gasteiger partial charge is 0.349 e. The van der Waals surface area contributed by atoms with Gasteiger partial charge in [-0.05, 0) is 56.4 Å². The number of benzene rings is 1. The molecule has 0 spiro atoms. The summed E-state index contributed by atoms with van der Waals surface area (Å²) in [6.45, 7) is 1.37. The van der Waals surface area contributed by atoms with E-state index in [1.54, 1.807) is 0 Å². The lowest BCUT2D eigenvalue weighted by Crippen LogP contribution is -2.30. The van der Waals surface area contributed by atoms with Gasteiger partial charge in [0, 0.05) is 4.88 Å². The van der Waals surface area contributed by atoms with Gasteiger partial charge in [-0.3, -0.25) is 4.79 Å². The summed E-state index contributed by atoms with van der Waals surface area (Å²) in [6, 6.07) is 5.12. The van der Waals surface area contributed by atoms with E-state index in [1.807, 2.05) is 6.07 Å². The Bertz CT molecular complexity index is 804. The average Bonchev–Trinajstić information content (AvgIpc) is 3.00. The van der Waals surface area contributed by atoms with Crippen LogP contribution in [0.25, 0.3) is 0 Å². The molecule has 1 aromatic heterocycles. The fourth-order valence-corrected chi connectivity index (χ4v) is 4.20. The number of hydrogen-bond acceptors (Lipinski definition) is 4. The van der Waals surface area contributed by atoms with E-state index < -0.39 is 35.3 Å². The third kappa shape index (κ3) is 4.71. The first kappa shape index (κ1) is 19.5. The highest BCUT2D eigenvalue weighted by Gasteiger charge is 2.23. The zero-order valence-corrected chi connectivity index (χ0v) is 15.8. The summed E-state index contributed by atoms with van der Waals surface area (Å²) < 4.78 is 32.5. The Balaban J connectivity index is 1.65. The van der Waals surface area contributed by atoms with Crippen LogP contribution in [0.5, 0.6) is 0 Å². The van der Waals surface area contributed by atoms with Crippen molar-refractivity contribution in [2.45, 2.75) is 51.6 Å². The van der Waals surface area contributed by atoms with E-state index in [9.17, 15) is 18.4 Å². The number of amides is 1. The van der Waals surface area contributed by atoms with Crippen LogP contribution in [0.2, 0.25) is 0 Å². The zero-order chi connectivity index (χ0) is 19.4. The third-order valence-corrected chi connectivity index (χ3v) is 5.78. The number of carbonyl (C=O) groups is 2. The van der Waals surface area contributed by atoms with E-state index in [1.165, 1.54) is 47.6 Å². The molecule has 1 aliphatic rings. The highest BCUT2D eigenvalue weighted by Crippen LogP contribution is 2.29. The van der Waals surface area contributed by atoms with E-state index in [-0.39, 0.29) is 0 Å². The van der Waals surface area contributed by atoms with Crippen LogP contribution < -0.4 is 5.32 Å². The number of hydrogen-bond donors (Lipinski definition) is 1. The lowest BCUT2D eigenvalue weighted by Gasteiger charge is -2.13. The van der Waals surface area contributed by atoms with Crippen LogP contribution in [0.1, 0.15) is 52.7 Å². The second-order valence-electron chi connectivity index (χ2n) is 6.61. The zero-order valence-electron chi connectivity index (χ0n) is 15.0. The van der Waals surface area contributed by atoms with Crippen LogP contribution in [0.15, 0.2) is 24.3 Å². The molecule has 144 valence electrons. The van der Waals surface area contributed by atoms with Gasteiger partial charge in [0.1, 0.15) is 22.2 Å². The predicted octanol–water partition coefficient (Wildman–Crippen LogP) is 4.87. The topological polar surface area (TPSA) is 55.4 Å². The third-order valence-electron chi connectivity index (χ3n) is 4.56. The van der Waals surface area contributed by atoms with Crippen LogP contribution in [0.4, 0.5) is 14.5 Å². The van der Waals surface area contributed by atoms with Crippen molar-refractivity contribution in [3.8, 4) is 0 Å². The van der Waals surface area contributed by atoms with Crippen molar-refractivity contribution in [3.05, 3.63) is 51.2 Å². The van der Waals surface area contributed by atoms with Crippen molar-refractivity contribution in [1.29, 1.82) is 0 Å². The largest absolute Gasteiger partial charge is 0.448 e. The molecule has 1 N–H and O–H groups in total. The van der Waals surface area contributed by atoms with Gasteiger partial charge in [-0.1, -0.05) is 18.9 Å². The van der Waals surface area contributed by atoms with E-state index in [0.717, 1.165) is 37.8 Å². The molecule has 0 fully saturated rings. The number of nitrogens with one attached hydrogen (secondary N) is 1. The number of fused-ring (bicyclic) bond motifs is 1. The molecule has 1 aliphatic carbocycles. The SMILES string of the molecule is C[C@@H](OC(=O)c1cc2c(s1)CCCCCC2)C(=O)Nc1c(F)cccc1F. The van der Waals surface area contributed by atoms with E-state index in [0.29, 0.717) is 4.88 Å². The minimum atomic E-state index is -1.18. The predicted molar refractivity (Wildman–Crippen MR) is 100 cm³/mol. The van der Waals surface area contributed by atoms with E-state index in [2.05, 4.69) is 5.32 Å². The van der Waals surface area contributed by atoms with Gasteiger partial charge < -0.3 is 10.1 Å². The van der Waals surface area contributed by atoms with Gasteiger partial charge in [0.05, 0.1) is 0 Å². The Labute approximate surface area is 160 Å². The number of thiophene rings is 1. The van der Waals surface area contributed by atoms with Crippen LogP contribution in [0, 0.1) is 11.6 Å². The monoisotopic (exact) mass is 393 g/mol. The first-order chi connectivity index (χ1) is 13.0. The molecule has 0 bridgehead atoms. The number of halogens is 2.